The van der Waals surface area contributed by atoms with Crippen molar-refractivity contribution in [1.82, 2.24) is 25.9 Å². The predicted octanol–water partition coefficient (Wildman–Crippen LogP) is -2.61. The van der Waals surface area contributed by atoms with Crippen molar-refractivity contribution in [3.63, 3.8) is 0 Å². The van der Waals surface area contributed by atoms with Crippen LogP contribution in [0.15, 0.2) is 17.5 Å². The van der Waals surface area contributed by atoms with E-state index >= 15 is 0 Å². The number of carboxylic acid groups (broad SMARTS) is 2. The van der Waals surface area contributed by atoms with Gasteiger partial charge in [-0.3, -0.25) is 24.2 Å². The minimum absolute atomic E-state index is 0.109. The summed E-state index contributed by atoms with van der Waals surface area (Å²) < 4.78 is 0. The number of amides is 3. The van der Waals surface area contributed by atoms with Crippen LogP contribution < -0.4 is 33.2 Å². The Labute approximate surface area is 219 Å². The van der Waals surface area contributed by atoms with Crippen molar-refractivity contribution >= 4 is 35.6 Å². The summed E-state index contributed by atoms with van der Waals surface area (Å²) in [5.74, 6) is -5.72. The number of hydrogen-bond donors (Lipinski definition) is 9. The highest BCUT2D eigenvalue weighted by molar-refractivity contribution is 5.95. The van der Waals surface area contributed by atoms with Crippen molar-refractivity contribution in [3.8, 4) is 0 Å². The van der Waals surface area contributed by atoms with Crippen LogP contribution in [0.1, 0.15) is 45.2 Å². The third kappa shape index (κ3) is 11.2. The molecule has 0 saturated carbocycles. The summed E-state index contributed by atoms with van der Waals surface area (Å²) in [6.45, 7) is 3.64. The van der Waals surface area contributed by atoms with E-state index in [9.17, 15) is 34.2 Å². The van der Waals surface area contributed by atoms with Crippen molar-refractivity contribution in [2.24, 2.45) is 28.1 Å². The van der Waals surface area contributed by atoms with E-state index in [-0.39, 0.29) is 25.3 Å². The molecule has 3 amide bonds. The van der Waals surface area contributed by atoms with Crippen molar-refractivity contribution in [1.29, 1.82) is 0 Å². The van der Waals surface area contributed by atoms with E-state index < -0.39 is 66.2 Å². The molecule has 16 heteroatoms. The van der Waals surface area contributed by atoms with Gasteiger partial charge < -0.3 is 48.3 Å². The summed E-state index contributed by atoms with van der Waals surface area (Å²) in [7, 11) is 0. The summed E-state index contributed by atoms with van der Waals surface area (Å²) >= 11 is 0. The van der Waals surface area contributed by atoms with Gasteiger partial charge in [0, 0.05) is 24.9 Å². The number of imidazole rings is 1. The number of H-pyrrole nitrogens is 1. The summed E-state index contributed by atoms with van der Waals surface area (Å²) in [5, 5.41) is 25.9. The van der Waals surface area contributed by atoms with Gasteiger partial charge in [0.05, 0.1) is 18.8 Å². The minimum Gasteiger partial charge on any atom is -0.481 e. The number of aromatic amines is 1. The number of hydrogen-bond acceptors (Lipinski definition) is 8. The lowest BCUT2D eigenvalue weighted by molar-refractivity contribution is -0.144. The number of aromatic nitrogens is 2. The number of rotatable bonds is 17. The number of carboxylic acids is 2. The van der Waals surface area contributed by atoms with Crippen LogP contribution in [0.5, 0.6) is 0 Å². The highest BCUT2D eigenvalue weighted by Gasteiger charge is 2.33. The number of aliphatic imine (C=N–C) groups is 1. The molecule has 12 N–H and O–H groups in total. The Kier molecular flexibility index (Phi) is 13.2. The molecule has 0 aromatic carbocycles. The maximum absolute atomic E-state index is 13.0. The Morgan fingerprint density at radius 3 is 2.21 bits per heavy atom. The van der Waals surface area contributed by atoms with Crippen LogP contribution in [0.3, 0.4) is 0 Å². The van der Waals surface area contributed by atoms with Gasteiger partial charge in [0.15, 0.2) is 5.96 Å². The average molecular weight is 540 g/mol. The zero-order valence-corrected chi connectivity index (χ0v) is 21.3. The monoisotopic (exact) mass is 539 g/mol. The lowest BCUT2D eigenvalue weighted by atomic mass is 9.98. The molecule has 1 rings (SSSR count). The molecule has 0 fully saturated rings. The molecule has 1 heterocycles. The molecule has 0 bridgehead atoms. The first kappa shape index (κ1) is 31.8. The number of nitrogens with one attached hydrogen (secondary N) is 4. The topological polar surface area (TPSA) is 281 Å². The highest BCUT2D eigenvalue weighted by Crippen LogP contribution is 2.10. The largest absolute Gasteiger partial charge is 0.481 e. The van der Waals surface area contributed by atoms with Gasteiger partial charge in [0.2, 0.25) is 17.7 Å². The van der Waals surface area contributed by atoms with Gasteiger partial charge in [0.1, 0.15) is 18.1 Å². The molecule has 0 aliphatic rings. The Morgan fingerprint density at radius 1 is 1.05 bits per heavy atom. The van der Waals surface area contributed by atoms with Crippen molar-refractivity contribution in [3.05, 3.63) is 18.2 Å². The van der Waals surface area contributed by atoms with Crippen molar-refractivity contribution < 1.29 is 34.2 Å². The molecule has 0 saturated heterocycles. The predicted molar refractivity (Wildman–Crippen MR) is 135 cm³/mol. The number of aliphatic carboxylic acids is 2. The molecule has 0 aliphatic heterocycles. The summed E-state index contributed by atoms with van der Waals surface area (Å²) in [5.41, 5.74) is 16.8. The first-order valence-corrected chi connectivity index (χ1v) is 12.0. The van der Waals surface area contributed by atoms with E-state index in [4.69, 9.17) is 17.2 Å². The maximum Gasteiger partial charge on any atom is 0.326 e. The molecule has 5 unspecified atom stereocenters. The normalized spacial score (nSPS) is 14.7. The third-order valence-corrected chi connectivity index (χ3v) is 5.70. The molecule has 5 atom stereocenters. The second-order valence-electron chi connectivity index (χ2n) is 8.77. The van der Waals surface area contributed by atoms with E-state index in [0.29, 0.717) is 18.5 Å². The molecule has 1 aromatic heterocycles. The number of nitrogens with two attached hydrogens (primary N) is 3. The van der Waals surface area contributed by atoms with Crippen LogP contribution in [-0.4, -0.2) is 86.5 Å². The van der Waals surface area contributed by atoms with Gasteiger partial charge in [-0.2, -0.15) is 0 Å². The Hall–Kier alpha value is -4.21. The molecule has 0 spiro atoms. The zero-order valence-electron chi connectivity index (χ0n) is 21.3. The van der Waals surface area contributed by atoms with Gasteiger partial charge in [-0.1, -0.05) is 20.3 Å². The summed E-state index contributed by atoms with van der Waals surface area (Å²) in [6.07, 6.45) is 2.84. The Balaban J connectivity index is 3.02. The van der Waals surface area contributed by atoms with Crippen LogP contribution in [-0.2, 0) is 30.4 Å². The lowest BCUT2D eigenvalue weighted by Crippen LogP contribution is -2.58. The number of nitrogens with zero attached hydrogens (tertiary/aromatic N) is 2. The van der Waals surface area contributed by atoms with Gasteiger partial charge >= 0.3 is 11.9 Å². The van der Waals surface area contributed by atoms with Gasteiger partial charge in [-0.15, -0.1) is 0 Å². The number of carbonyl (C=O) groups is 5. The van der Waals surface area contributed by atoms with Crippen LogP contribution in [0.2, 0.25) is 0 Å². The van der Waals surface area contributed by atoms with Crippen molar-refractivity contribution in [2.75, 3.05) is 6.54 Å². The van der Waals surface area contributed by atoms with E-state index in [1.165, 1.54) is 12.5 Å². The number of carbonyl (C=O) groups excluding carboxylic acids is 3. The molecule has 0 aliphatic carbocycles. The molecule has 212 valence electrons. The SMILES string of the molecule is CCC(C)C(NC(=O)C(Cc1cnc[nH]1)NC(=O)C(CC(=O)O)NC(=O)C(N)CCCN=C(N)N)C(=O)O. The van der Waals surface area contributed by atoms with E-state index in [1.54, 1.807) is 13.8 Å². The average Bonchev–Trinajstić information content (AvgIpc) is 3.36. The van der Waals surface area contributed by atoms with Gasteiger partial charge in [-0.05, 0) is 18.8 Å². The van der Waals surface area contributed by atoms with Crippen LogP contribution in [0, 0.1) is 5.92 Å². The molecule has 16 nitrogen and oxygen atoms in total. The van der Waals surface area contributed by atoms with Gasteiger partial charge in [0.25, 0.3) is 0 Å². The highest BCUT2D eigenvalue weighted by atomic mass is 16.4. The Morgan fingerprint density at radius 2 is 1.68 bits per heavy atom. The fraction of sp³-hybridized carbons (Fsp3) is 0.591. The number of guanidine groups is 1. The molecular formula is C22H37N9O7. The molecule has 1 aromatic rings. The Bertz CT molecular complexity index is 980. The van der Waals surface area contributed by atoms with Crippen molar-refractivity contribution in [2.45, 2.75) is 70.1 Å². The third-order valence-electron chi connectivity index (χ3n) is 5.70. The zero-order chi connectivity index (χ0) is 28.8. The van der Waals surface area contributed by atoms with Crippen LogP contribution in [0.25, 0.3) is 0 Å². The fourth-order valence-electron chi connectivity index (χ4n) is 3.35. The van der Waals surface area contributed by atoms with E-state index in [0.717, 1.165) is 0 Å². The minimum atomic E-state index is -1.56. The van der Waals surface area contributed by atoms with Gasteiger partial charge in [-0.25, -0.2) is 9.78 Å². The first-order valence-electron chi connectivity index (χ1n) is 12.0. The maximum atomic E-state index is 13.0. The molecule has 0 radical (unpaired) electrons. The summed E-state index contributed by atoms with van der Waals surface area (Å²) in [4.78, 5) is 72.1. The second-order valence-corrected chi connectivity index (χ2v) is 8.77. The standard InChI is InChI=1S/C22H37N9O7/c1-3-11(2)17(21(37)38)31-20(36)14(7-12-9-26-10-28-12)30-19(35)15(8-16(32)33)29-18(34)13(23)5-4-6-27-22(24)25/h9-11,13-15,17H,3-8,23H2,1-2H3,(H,26,28)(H,29,34)(H,30,35)(H,31,36)(H,32,33)(H,37,38)(H4,24,25,27). The summed E-state index contributed by atoms with van der Waals surface area (Å²) in [6, 6.07) is -5.18. The second kappa shape index (κ2) is 15.8. The first-order chi connectivity index (χ1) is 17.8. The van der Waals surface area contributed by atoms with Crippen LogP contribution >= 0.6 is 0 Å². The lowest BCUT2D eigenvalue weighted by Gasteiger charge is -2.26. The van der Waals surface area contributed by atoms with E-state index in [1.807, 2.05) is 0 Å². The quantitative estimate of drug-likeness (QED) is 0.0561. The smallest absolute Gasteiger partial charge is 0.326 e. The molecular weight excluding hydrogens is 502 g/mol. The van der Waals surface area contributed by atoms with E-state index in [2.05, 4.69) is 30.9 Å². The fourth-order valence-corrected chi connectivity index (χ4v) is 3.35. The molecule has 38 heavy (non-hydrogen) atoms. The van der Waals surface area contributed by atoms with Crippen LogP contribution in [0.4, 0.5) is 0 Å².